The van der Waals surface area contributed by atoms with Gasteiger partial charge in [0.1, 0.15) is 0 Å². The fourth-order valence-corrected chi connectivity index (χ4v) is 2.64. The van der Waals surface area contributed by atoms with Gasteiger partial charge in [-0.3, -0.25) is 4.79 Å². The molecule has 0 radical (unpaired) electrons. The minimum atomic E-state index is -0.00240. The molecular formula is C15H18N4O2. The highest BCUT2D eigenvalue weighted by atomic mass is 16.5. The van der Waals surface area contributed by atoms with Gasteiger partial charge in [0.05, 0.1) is 11.1 Å². The standard InChI is InChI=1S/C15H18N4O2/c1-10-17-14(21-18-10)12-4-2-3-5-13(12)15(20)19-7-6-11(8-16)9-19/h2-5,11H,6-9,16H2,1H3/t11-/m0/s1. The van der Waals surface area contributed by atoms with Crippen molar-refractivity contribution in [3.8, 4) is 11.5 Å². The van der Waals surface area contributed by atoms with Crippen molar-refractivity contribution in [3.05, 3.63) is 35.7 Å². The normalized spacial score (nSPS) is 18.2. The zero-order valence-corrected chi connectivity index (χ0v) is 12.0. The van der Waals surface area contributed by atoms with Crippen LogP contribution in [0.4, 0.5) is 0 Å². The largest absolute Gasteiger partial charge is 0.338 e. The molecule has 1 aliphatic heterocycles. The summed E-state index contributed by atoms with van der Waals surface area (Å²) in [5.41, 5.74) is 6.96. The molecule has 2 N–H and O–H groups in total. The molecule has 1 aromatic heterocycles. The number of carbonyl (C=O) groups excluding carboxylic acids is 1. The Labute approximate surface area is 122 Å². The van der Waals surface area contributed by atoms with Gasteiger partial charge in [-0.25, -0.2) is 0 Å². The summed E-state index contributed by atoms with van der Waals surface area (Å²) < 4.78 is 5.19. The predicted molar refractivity (Wildman–Crippen MR) is 77.5 cm³/mol. The second-order valence-corrected chi connectivity index (χ2v) is 5.33. The summed E-state index contributed by atoms with van der Waals surface area (Å²) in [6.45, 7) is 3.84. The van der Waals surface area contributed by atoms with Crippen LogP contribution in [-0.4, -0.2) is 40.6 Å². The average molecular weight is 286 g/mol. The first-order chi connectivity index (χ1) is 10.2. The van der Waals surface area contributed by atoms with Gasteiger partial charge < -0.3 is 15.2 Å². The van der Waals surface area contributed by atoms with E-state index in [1.807, 2.05) is 23.1 Å². The third kappa shape index (κ3) is 2.67. The minimum absolute atomic E-state index is 0.00240. The lowest BCUT2D eigenvalue weighted by Gasteiger charge is -2.17. The number of hydrogen-bond acceptors (Lipinski definition) is 5. The maximum Gasteiger partial charge on any atom is 0.258 e. The minimum Gasteiger partial charge on any atom is -0.338 e. The molecule has 1 aromatic carbocycles. The Morgan fingerprint density at radius 3 is 2.95 bits per heavy atom. The molecule has 0 spiro atoms. The van der Waals surface area contributed by atoms with Crippen molar-refractivity contribution in [1.82, 2.24) is 15.0 Å². The number of rotatable bonds is 3. The van der Waals surface area contributed by atoms with Crippen LogP contribution < -0.4 is 5.73 Å². The SMILES string of the molecule is Cc1noc(-c2ccccc2C(=O)N2CC[C@@H](CN)C2)n1. The zero-order valence-electron chi connectivity index (χ0n) is 12.0. The Balaban J connectivity index is 1.90. The fourth-order valence-electron chi connectivity index (χ4n) is 2.64. The van der Waals surface area contributed by atoms with Crippen LogP contribution in [-0.2, 0) is 0 Å². The smallest absolute Gasteiger partial charge is 0.258 e. The zero-order chi connectivity index (χ0) is 14.8. The second kappa shape index (κ2) is 5.65. The molecule has 0 bridgehead atoms. The van der Waals surface area contributed by atoms with Gasteiger partial charge in [-0.1, -0.05) is 17.3 Å². The molecule has 2 heterocycles. The Bertz CT molecular complexity index is 653. The first kappa shape index (κ1) is 13.8. The summed E-state index contributed by atoms with van der Waals surface area (Å²) in [4.78, 5) is 18.8. The highest BCUT2D eigenvalue weighted by Gasteiger charge is 2.28. The van der Waals surface area contributed by atoms with E-state index in [-0.39, 0.29) is 5.91 Å². The monoisotopic (exact) mass is 286 g/mol. The second-order valence-electron chi connectivity index (χ2n) is 5.33. The molecule has 1 atom stereocenters. The number of nitrogens with zero attached hydrogens (tertiary/aromatic N) is 3. The fraction of sp³-hybridized carbons (Fsp3) is 0.400. The first-order valence-electron chi connectivity index (χ1n) is 7.08. The Hall–Kier alpha value is -2.21. The van der Waals surface area contributed by atoms with Gasteiger partial charge in [-0.15, -0.1) is 0 Å². The molecule has 0 unspecified atom stereocenters. The lowest BCUT2D eigenvalue weighted by atomic mass is 10.1. The predicted octanol–water partition coefficient (Wildman–Crippen LogP) is 1.47. The van der Waals surface area contributed by atoms with Gasteiger partial charge >= 0.3 is 0 Å². The third-order valence-electron chi connectivity index (χ3n) is 3.82. The molecule has 1 amide bonds. The van der Waals surface area contributed by atoms with Gasteiger partial charge in [-0.05, 0) is 37.9 Å². The highest BCUT2D eigenvalue weighted by molar-refractivity contribution is 6.00. The Kier molecular flexibility index (Phi) is 3.70. The molecular weight excluding hydrogens is 268 g/mol. The van der Waals surface area contributed by atoms with E-state index in [0.29, 0.717) is 41.8 Å². The van der Waals surface area contributed by atoms with E-state index in [9.17, 15) is 4.79 Å². The van der Waals surface area contributed by atoms with Gasteiger partial charge in [0.2, 0.25) is 0 Å². The molecule has 0 saturated carbocycles. The molecule has 1 saturated heterocycles. The van der Waals surface area contributed by atoms with Crippen molar-refractivity contribution in [1.29, 1.82) is 0 Å². The van der Waals surface area contributed by atoms with Crippen molar-refractivity contribution in [2.24, 2.45) is 11.7 Å². The average Bonchev–Trinajstić information content (AvgIpc) is 3.15. The Morgan fingerprint density at radius 1 is 1.48 bits per heavy atom. The van der Waals surface area contributed by atoms with Crippen molar-refractivity contribution in [3.63, 3.8) is 0 Å². The van der Waals surface area contributed by atoms with Crippen molar-refractivity contribution in [2.45, 2.75) is 13.3 Å². The maximum atomic E-state index is 12.7. The topological polar surface area (TPSA) is 85.2 Å². The number of likely N-dealkylation sites (tertiary alicyclic amines) is 1. The highest BCUT2D eigenvalue weighted by Crippen LogP contribution is 2.25. The van der Waals surface area contributed by atoms with E-state index in [1.165, 1.54) is 0 Å². The van der Waals surface area contributed by atoms with Crippen molar-refractivity contribution < 1.29 is 9.32 Å². The van der Waals surface area contributed by atoms with Crippen LogP contribution in [0.2, 0.25) is 0 Å². The lowest BCUT2D eigenvalue weighted by molar-refractivity contribution is 0.0788. The molecule has 1 aliphatic rings. The van der Waals surface area contributed by atoms with E-state index >= 15 is 0 Å². The van der Waals surface area contributed by atoms with Crippen LogP contribution in [0, 0.1) is 12.8 Å². The molecule has 6 heteroatoms. The summed E-state index contributed by atoms with van der Waals surface area (Å²) in [7, 11) is 0. The third-order valence-corrected chi connectivity index (χ3v) is 3.82. The molecule has 21 heavy (non-hydrogen) atoms. The van der Waals surface area contributed by atoms with E-state index in [2.05, 4.69) is 10.1 Å². The van der Waals surface area contributed by atoms with Crippen molar-refractivity contribution in [2.75, 3.05) is 19.6 Å². The number of aryl methyl sites for hydroxylation is 1. The molecule has 0 aliphatic carbocycles. The van der Waals surface area contributed by atoms with Crippen molar-refractivity contribution >= 4 is 5.91 Å². The van der Waals surface area contributed by atoms with Gasteiger partial charge in [0.15, 0.2) is 5.82 Å². The number of aromatic nitrogens is 2. The lowest BCUT2D eigenvalue weighted by Crippen LogP contribution is -2.30. The number of nitrogens with two attached hydrogens (primary N) is 1. The number of hydrogen-bond donors (Lipinski definition) is 1. The van der Waals surface area contributed by atoms with Crippen LogP contribution in [0.15, 0.2) is 28.8 Å². The first-order valence-corrected chi connectivity index (χ1v) is 7.08. The molecule has 1 fully saturated rings. The molecule has 110 valence electrons. The van der Waals surface area contributed by atoms with Gasteiger partial charge in [-0.2, -0.15) is 4.98 Å². The van der Waals surface area contributed by atoms with Crippen LogP contribution >= 0.6 is 0 Å². The molecule has 2 aromatic rings. The summed E-state index contributed by atoms with van der Waals surface area (Å²) in [5.74, 6) is 1.33. The summed E-state index contributed by atoms with van der Waals surface area (Å²) in [6, 6.07) is 7.33. The van der Waals surface area contributed by atoms with Crippen LogP contribution in [0.1, 0.15) is 22.6 Å². The maximum absolute atomic E-state index is 12.7. The van der Waals surface area contributed by atoms with Crippen LogP contribution in [0.3, 0.4) is 0 Å². The van der Waals surface area contributed by atoms with E-state index in [1.54, 1.807) is 13.0 Å². The van der Waals surface area contributed by atoms with E-state index in [4.69, 9.17) is 10.3 Å². The van der Waals surface area contributed by atoms with E-state index in [0.717, 1.165) is 13.0 Å². The van der Waals surface area contributed by atoms with Gasteiger partial charge in [0.25, 0.3) is 11.8 Å². The number of carbonyl (C=O) groups is 1. The quantitative estimate of drug-likeness (QED) is 0.923. The summed E-state index contributed by atoms with van der Waals surface area (Å²) in [5, 5.41) is 3.79. The summed E-state index contributed by atoms with van der Waals surface area (Å²) in [6.07, 6.45) is 0.962. The molecule has 6 nitrogen and oxygen atoms in total. The van der Waals surface area contributed by atoms with Gasteiger partial charge in [0, 0.05) is 13.1 Å². The summed E-state index contributed by atoms with van der Waals surface area (Å²) >= 11 is 0. The number of benzene rings is 1. The Morgan fingerprint density at radius 2 is 2.29 bits per heavy atom. The number of amides is 1. The van der Waals surface area contributed by atoms with Crippen LogP contribution in [0.25, 0.3) is 11.5 Å². The van der Waals surface area contributed by atoms with Crippen LogP contribution in [0.5, 0.6) is 0 Å². The molecule has 3 rings (SSSR count). The van der Waals surface area contributed by atoms with E-state index < -0.39 is 0 Å².